The molecule has 2 heterocycles. The molecule has 1 saturated heterocycles. The number of sulfonamides is 1. The van der Waals surface area contributed by atoms with Crippen LogP contribution in [-0.2, 0) is 10.0 Å². The molecular weight excluding hydrogens is 374 g/mol. The van der Waals surface area contributed by atoms with Crippen molar-refractivity contribution in [1.29, 1.82) is 0 Å². The van der Waals surface area contributed by atoms with Gasteiger partial charge in [0.25, 0.3) is 0 Å². The topological polar surface area (TPSA) is 76.3 Å². The first-order valence-electron chi connectivity index (χ1n) is 9.41. The van der Waals surface area contributed by atoms with Gasteiger partial charge in [0.1, 0.15) is 0 Å². The molecule has 6 nitrogen and oxygen atoms in total. The normalized spacial score (nSPS) is 18.3. The van der Waals surface area contributed by atoms with Crippen molar-refractivity contribution in [3.63, 3.8) is 0 Å². The van der Waals surface area contributed by atoms with Crippen LogP contribution in [0, 0.1) is 13.8 Å². The van der Waals surface area contributed by atoms with Crippen LogP contribution in [-0.4, -0.2) is 36.0 Å². The van der Waals surface area contributed by atoms with Crippen LogP contribution < -0.4 is 0 Å². The number of nitrogens with zero attached hydrogens (tertiary/aromatic N) is 3. The Morgan fingerprint density at radius 1 is 1.07 bits per heavy atom. The van der Waals surface area contributed by atoms with Crippen molar-refractivity contribution in [3.8, 4) is 11.4 Å². The summed E-state index contributed by atoms with van der Waals surface area (Å²) in [5, 5.41) is 4.10. The van der Waals surface area contributed by atoms with E-state index in [0.717, 1.165) is 29.5 Å². The van der Waals surface area contributed by atoms with Crippen LogP contribution in [0.3, 0.4) is 0 Å². The van der Waals surface area contributed by atoms with E-state index in [4.69, 9.17) is 4.52 Å². The number of piperidine rings is 1. The second-order valence-electron chi connectivity index (χ2n) is 7.34. The lowest BCUT2D eigenvalue weighted by Crippen LogP contribution is -2.39. The predicted molar refractivity (Wildman–Crippen MR) is 106 cm³/mol. The molecule has 4 rings (SSSR count). The lowest BCUT2D eigenvalue weighted by atomic mass is 10.00. The quantitative estimate of drug-likeness (QED) is 0.667. The smallest absolute Gasteiger partial charge is 0.243 e. The SMILES string of the molecule is Cc1ccc(S(=O)(=O)N2CCC[C@H](c3nc(-c4cccc(C)c4)no3)C2)cc1. The Hall–Kier alpha value is -2.51. The van der Waals surface area contributed by atoms with Gasteiger partial charge in [0, 0.05) is 18.7 Å². The third-order valence-electron chi connectivity index (χ3n) is 5.11. The minimum absolute atomic E-state index is 0.0972. The molecule has 1 atom stereocenters. The molecular formula is C21H23N3O3S. The molecule has 1 aliphatic heterocycles. The fraction of sp³-hybridized carbons (Fsp3) is 0.333. The maximum absolute atomic E-state index is 13.0. The second-order valence-corrected chi connectivity index (χ2v) is 9.28. The van der Waals surface area contributed by atoms with Crippen LogP contribution in [0.2, 0.25) is 0 Å². The lowest BCUT2D eigenvalue weighted by Gasteiger charge is -2.30. The number of hydrogen-bond donors (Lipinski definition) is 0. The highest BCUT2D eigenvalue weighted by molar-refractivity contribution is 7.89. The summed E-state index contributed by atoms with van der Waals surface area (Å²) in [5.41, 5.74) is 3.05. The van der Waals surface area contributed by atoms with Crippen LogP contribution in [0.15, 0.2) is 57.9 Å². The number of benzene rings is 2. The molecule has 0 unspecified atom stereocenters. The Labute approximate surface area is 165 Å². The molecule has 2 aromatic carbocycles. The molecule has 7 heteroatoms. The maximum Gasteiger partial charge on any atom is 0.243 e. The van der Waals surface area contributed by atoms with Crippen LogP contribution in [0.1, 0.15) is 35.8 Å². The van der Waals surface area contributed by atoms with Crippen molar-refractivity contribution < 1.29 is 12.9 Å². The van der Waals surface area contributed by atoms with Crippen molar-refractivity contribution in [2.45, 2.75) is 37.5 Å². The number of hydrogen-bond acceptors (Lipinski definition) is 5. The fourth-order valence-corrected chi connectivity index (χ4v) is 5.05. The van der Waals surface area contributed by atoms with Gasteiger partial charge in [-0.3, -0.25) is 0 Å². The first kappa shape index (κ1) is 18.8. The van der Waals surface area contributed by atoms with Crippen molar-refractivity contribution in [3.05, 3.63) is 65.5 Å². The Bertz CT molecular complexity index is 1070. The molecule has 0 spiro atoms. The molecule has 0 aliphatic carbocycles. The molecule has 0 radical (unpaired) electrons. The predicted octanol–water partition coefficient (Wildman–Crippen LogP) is 3.92. The number of aromatic nitrogens is 2. The maximum atomic E-state index is 13.0. The molecule has 3 aromatic rings. The van der Waals surface area contributed by atoms with Crippen LogP contribution in [0.25, 0.3) is 11.4 Å². The van der Waals surface area contributed by atoms with E-state index in [9.17, 15) is 8.42 Å². The summed E-state index contributed by atoms with van der Waals surface area (Å²) in [5.74, 6) is 0.942. The average Bonchev–Trinajstić information content (AvgIpc) is 3.19. The van der Waals surface area contributed by atoms with E-state index >= 15 is 0 Å². The molecule has 0 N–H and O–H groups in total. The van der Waals surface area contributed by atoms with E-state index in [2.05, 4.69) is 10.1 Å². The third-order valence-corrected chi connectivity index (χ3v) is 6.99. The van der Waals surface area contributed by atoms with Crippen molar-refractivity contribution in [1.82, 2.24) is 14.4 Å². The Balaban J connectivity index is 1.55. The van der Waals surface area contributed by atoms with Gasteiger partial charge in [-0.15, -0.1) is 0 Å². The molecule has 1 aromatic heterocycles. The monoisotopic (exact) mass is 397 g/mol. The molecule has 0 bridgehead atoms. The van der Waals surface area contributed by atoms with Gasteiger partial charge in [0.15, 0.2) is 0 Å². The molecule has 0 amide bonds. The molecule has 146 valence electrons. The summed E-state index contributed by atoms with van der Waals surface area (Å²) in [4.78, 5) is 4.87. The van der Waals surface area contributed by atoms with E-state index in [1.165, 1.54) is 4.31 Å². The van der Waals surface area contributed by atoms with Gasteiger partial charge in [-0.1, -0.05) is 46.6 Å². The molecule has 28 heavy (non-hydrogen) atoms. The van der Waals surface area contributed by atoms with Crippen LogP contribution in [0.4, 0.5) is 0 Å². The van der Waals surface area contributed by atoms with Gasteiger partial charge in [0.2, 0.25) is 21.7 Å². The highest BCUT2D eigenvalue weighted by atomic mass is 32.2. The van der Waals surface area contributed by atoms with E-state index in [1.54, 1.807) is 12.1 Å². The molecule has 1 aliphatic rings. The first-order chi connectivity index (χ1) is 13.4. The van der Waals surface area contributed by atoms with E-state index in [1.807, 2.05) is 50.2 Å². The zero-order chi connectivity index (χ0) is 19.7. The Morgan fingerprint density at radius 2 is 1.86 bits per heavy atom. The third kappa shape index (κ3) is 3.72. The number of aryl methyl sites for hydroxylation is 2. The lowest BCUT2D eigenvalue weighted by molar-refractivity contribution is 0.265. The largest absolute Gasteiger partial charge is 0.339 e. The van der Waals surface area contributed by atoms with Crippen molar-refractivity contribution in [2.24, 2.45) is 0 Å². The van der Waals surface area contributed by atoms with Crippen LogP contribution in [0.5, 0.6) is 0 Å². The van der Waals surface area contributed by atoms with Gasteiger partial charge < -0.3 is 4.52 Å². The minimum Gasteiger partial charge on any atom is -0.339 e. The Morgan fingerprint density at radius 3 is 2.61 bits per heavy atom. The highest BCUT2D eigenvalue weighted by Gasteiger charge is 2.33. The van der Waals surface area contributed by atoms with Gasteiger partial charge >= 0.3 is 0 Å². The van der Waals surface area contributed by atoms with Gasteiger partial charge in [-0.25, -0.2) is 8.42 Å². The zero-order valence-corrected chi connectivity index (χ0v) is 16.8. The van der Waals surface area contributed by atoms with E-state index in [-0.39, 0.29) is 5.92 Å². The summed E-state index contributed by atoms with van der Waals surface area (Å²) in [6.07, 6.45) is 1.59. The summed E-state index contributed by atoms with van der Waals surface area (Å²) in [7, 11) is -3.53. The van der Waals surface area contributed by atoms with Crippen molar-refractivity contribution >= 4 is 10.0 Å². The van der Waals surface area contributed by atoms with Gasteiger partial charge in [-0.2, -0.15) is 9.29 Å². The molecule has 0 saturated carbocycles. The Kier molecular flexibility index (Phi) is 5.03. The minimum atomic E-state index is -3.53. The standard InChI is InChI=1S/C21H23N3O3S/c1-15-8-10-19(11-9-15)28(25,26)24-12-4-7-18(14-24)21-22-20(23-27-21)17-6-3-5-16(2)13-17/h3,5-6,8-11,13,18H,4,7,12,14H2,1-2H3/t18-/m0/s1. The van der Waals surface area contributed by atoms with E-state index in [0.29, 0.717) is 29.7 Å². The first-order valence-corrected chi connectivity index (χ1v) is 10.8. The van der Waals surface area contributed by atoms with E-state index < -0.39 is 10.0 Å². The van der Waals surface area contributed by atoms with Crippen molar-refractivity contribution in [2.75, 3.05) is 13.1 Å². The number of rotatable bonds is 4. The van der Waals surface area contributed by atoms with Crippen LogP contribution >= 0.6 is 0 Å². The second kappa shape index (κ2) is 7.48. The summed E-state index contributed by atoms with van der Waals surface area (Å²) in [6, 6.07) is 14.9. The average molecular weight is 398 g/mol. The van der Waals surface area contributed by atoms with Gasteiger partial charge in [-0.05, 0) is 44.9 Å². The zero-order valence-electron chi connectivity index (χ0n) is 16.0. The fourth-order valence-electron chi connectivity index (χ4n) is 3.52. The van der Waals surface area contributed by atoms with Gasteiger partial charge in [0.05, 0.1) is 10.8 Å². The summed E-state index contributed by atoms with van der Waals surface area (Å²) < 4.78 is 33.0. The highest BCUT2D eigenvalue weighted by Crippen LogP contribution is 2.30. The summed E-state index contributed by atoms with van der Waals surface area (Å²) >= 11 is 0. The summed E-state index contributed by atoms with van der Waals surface area (Å²) in [6.45, 7) is 4.81. The molecule has 1 fully saturated rings.